The number of amides is 1. The van der Waals surface area contributed by atoms with Crippen LogP contribution in [0.15, 0.2) is 54.6 Å². The maximum absolute atomic E-state index is 12.4. The van der Waals surface area contributed by atoms with Crippen LogP contribution in [-0.4, -0.2) is 51.3 Å². The van der Waals surface area contributed by atoms with E-state index >= 15 is 0 Å². The minimum Gasteiger partial charge on any atom is -0.496 e. The summed E-state index contributed by atoms with van der Waals surface area (Å²) in [5.41, 5.74) is 3.19. The first-order valence-corrected chi connectivity index (χ1v) is 9.15. The van der Waals surface area contributed by atoms with Crippen molar-refractivity contribution >= 4 is 17.7 Å². The molecule has 5 nitrogen and oxygen atoms in total. The lowest BCUT2D eigenvalue weighted by atomic mass is 10.1. The first-order valence-electron chi connectivity index (χ1n) is 9.15. The van der Waals surface area contributed by atoms with E-state index in [-0.39, 0.29) is 5.91 Å². The van der Waals surface area contributed by atoms with Crippen LogP contribution in [0.25, 0.3) is 6.08 Å². The highest BCUT2D eigenvalue weighted by Crippen LogP contribution is 2.19. The molecule has 0 aliphatic carbocycles. The summed E-state index contributed by atoms with van der Waals surface area (Å²) in [4.78, 5) is 16.4. The normalized spacial score (nSPS) is 14.4. The SMILES string of the molecule is COc1ccccc1/C=C/C(=O)N(C)Cc1ccc(N2CCOCC2)cc1. The van der Waals surface area contributed by atoms with Crippen molar-refractivity contribution in [3.8, 4) is 5.75 Å². The summed E-state index contributed by atoms with van der Waals surface area (Å²) >= 11 is 0. The molecule has 3 rings (SSSR count). The predicted molar refractivity (Wildman–Crippen MR) is 108 cm³/mol. The quantitative estimate of drug-likeness (QED) is 0.737. The molecule has 0 unspecified atom stereocenters. The molecular formula is C22H26N2O3. The highest BCUT2D eigenvalue weighted by Gasteiger charge is 2.11. The Bertz CT molecular complexity index is 780. The van der Waals surface area contributed by atoms with Crippen molar-refractivity contribution < 1.29 is 14.3 Å². The van der Waals surface area contributed by atoms with Gasteiger partial charge in [-0.25, -0.2) is 0 Å². The lowest BCUT2D eigenvalue weighted by molar-refractivity contribution is -0.125. The summed E-state index contributed by atoms with van der Waals surface area (Å²) in [5.74, 6) is 0.709. The molecule has 0 radical (unpaired) electrons. The van der Waals surface area contributed by atoms with Gasteiger partial charge in [0.1, 0.15) is 5.75 Å². The van der Waals surface area contributed by atoms with Crippen molar-refractivity contribution in [2.24, 2.45) is 0 Å². The van der Waals surface area contributed by atoms with E-state index in [0.717, 1.165) is 43.2 Å². The van der Waals surface area contributed by atoms with Crippen LogP contribution in [0, 0.1) is 0 Å². The van der Waals surface area contributed by atoms with Crippen molar-refractivity contribution in [1.82, 2.24) is 4.90 Å². The molecule has 142 valence electrons. The molecule has 1 heterocycles. The monoisotopic (exact) mass is 366 g/mol. The fraction of sp³-hybridized carbons (Fsp3) is 0.318. The van der Waals surface area contributed by atoms with Crippen molar-refractivity contribution in [2.45, 2.75) is 6.54 Å². The summed E-state index contributed by atoms with van der Waals surface area (Å²) in [6.07, 6.45) is 3.37. The Hall–Kier alpha value is -2.79. The van der Waals surface area contributed by atoms with Crippen LogP contribution in [0.3, 0.4) is 0 Å². The second-order valence-electron chi connectivity index (χ2n) is 6.54. The number of para-hydroxylation sites is 1. The van der Waals surface area contributed by atoms with Gasteiger partial charge in [0.25, 0.3) is 0 Å². The highest BCUT2D eigenvalue weighted by atomic mass is 16.5. The molecule has 5 heteroatoms. The summed E-state index contributed by atoms with van der Waals surface area (Å²) < 4.78 is 10.7. The zero-order chi connectivity index (χ0) is 19.1. The van der Waals surface area contributed by atoms with E-state index in [2.05, 4.69) is 29.2 Å². The van der Waals surface area contributed by atoms with Crippen LogP contribution in [0.5, 0.6) is 5.75 Å². The molecule has 2 aromatic rings. The average Bonchev–Trinajstić information content (AvgIpc) is 2.73. The van der Waals surface area contributed by atoms with Crippen LogP contribution in [0.1, 0.15) is 11.1 Å². The molecule has 0 saturated carbocycles. The molecule has 1 saturated heterocycles. The lowest BCUT2D eigenvalue weighted by Gasteiger charge is -2.29. The Kier molecular flexibility index (Phi) is 6.49. The topological polar surface area (TPSA) is 42.0 Å². The fourth-order valence-corrected chi connectivity index (χ4v) is 3.08. The summed E-state index contributed by atoms with van der Waals surface area (Å²) in [5, 5.41) is 0. The van der Waals surface area contributed by atoms with Gasteiger partial charge in [0.15, 0.2) is 0 Å². The third-order valence-corrected chi connectivity index (χ3v) is 4.65. The molecule has 0 aromatic heterocycles. The van der Waals surface area contributed by atoms with E-state index in [1.807, 2.05) is 31.3 Å². The number of ether oxygens (including phenoxy) is 2. The van der Waals surface area contributed by atoms with E-state index in [4.69, 9.17) is 9.47 Å². The molecule has 1 aliphatic rings. The van der Waals surface area contributed by atoms with Gasteiger partial charge < -0.3 is 19.3 Å². The molecule has 1 fully saturated rings. The number of carbonyl (C=O) groups excluding carboxylic acids is 1. The number of hydrogen-bond donors (Lipinski definition) is 0. The summed E-state index contributed by atoms with van der Waals surface area (Å²) in [6, 6.07) is 16.0. The second kappa shape index (κ2) is 9.24. The van der Waals surface area contributed by atoms with Crippen molar-refractivity contribution in [3.05, 3.63) is 65.7 Å². The Morgan fingerprint density at radius 3 is 2.56 bits per heavy atom. The predicted octanol–water partition coefficient (Wildman–Crippen LogP) is 3.20. The van der Waals surface area contributed by atoms with Gasteiger partial charge in [0, 0.05) is 44.0 Å². The zero-order valence-corrected chi connectivity index (χ0v) is 15.9. The van der Waals surface area contributed by atoms with Gasteiger partial charge in [0.05, 0.1) is 20.3 Å². The van der Waals surface area contributed by atoms with Crippen LogP contribution in [0.4, 0.5) is 5.69 Å². The molecule has 0 spiro atoms. The number of carbonyl (C=O) groups is 1. The van der Waals surface area contributed by atoms with Crippen LogP contribution in [0.2, 0.25) is 0 Å². The van der Waals surface area contributed by atoms with Gasteiger partial charge in [-0.05, 0) is 29.8 Å². The fourth-order valence-electron chi connectivity index (χ4n) is 3.08. The molecule has 0 atom stereocenters. The van der Waals surface area contributed by atoms with Gasteiger partial charge in [-0.3, -0.25) is 4.79 Å². The number of nitrogens with zero attached hydrogens (tertiary/aromatic N) is 2. The Morgan fingerprint density at radius 1 is 1.15 bits per heavy atom. The molecule has 0 bridgehead atoms. The Labute approximate surface area is 160 Å². The van der Waals surface area contributed by atoms with Gasteiger partial charge in [-0.2, -0.15) is 0 Å². The number of methoxy groups -OCH3 is 1. The number of benzene rings is 2. The average molecular weight is 366 g/mol. The van der Waals surface area contributed by atoms with E-state index in [1.54, 1.807) is 24.2 Å². The van der Waals surface area contributed by atoms with Crippen molar-refractivity contribution in [1.29, 1.82) is 0 Å². The smallest absolute Gasteiger partial charge is 0.246 e. The number of anilines is 1. The minimum absolute atomic E-state index is 0.0434. The second-order valence-corrected chi connectivity index (χ2v) is 6.54. The maximum Gasteiger partial charge on any atom is 0.246 e. The molecule has 27 heavy (non-hydrogen) atoms. The van der Waals surface area contributed by atoms with E-state index in [0.29, 0.717) is 6.54 Å². The maximum atomic E-state index is 12.4. The molecule has 1 aliphatic heterocycles. The van der Waals surface area contributed by atoms with Gasteiger partial charge in [-0.15, -0.1) is 0 Å². The lowest BCUT2D eigenvalue weighted by Crippen LogP contribution is -2.36. The zero-order valence-electron chi connectivity index (χ0n) is 15.9. The summed E-state index contributed by atoms with van der Waals surface area (Å²) in [6.45, 7) is 3.96. The minimum atomic E-state index is -0.0434. The third-order valence-electron chi connectivity index (χ3n) is 4.65. The standard InChI is InChI=1S/C22H26N2O3/c1-23(22(25)12-9-19-5-3-4-6-21(19)26-2)17-18-7-10-20(11-8-18)24-13-15-27-16-14-24/h3-12H,13-17H2,1-2H3/b12-9+. The first-order chi connectivity index (χ1) is 13.2. The number of hydrogen-bond acceptors (Lipinski definition) is 4. The molecular weight excluding hydrogens is 340 g/mol. The molecule has 1 amide bonds. The molecule has 2 aromatic carbocycles. The third kappa shape index (κ3) is 5.11. The first kappa shape index (κ1) is 19.0. The van der Waals surface area contributed by atoms with E-state index in [1.165, 1.54) is 5.69 Å². The van der Waals surface area contributed by atoms with Crippen molar-refractivity contribution in [2.75, 3.05) is 45.4 Å². The van der Waals surface area contributed by atoms with E-state index < -0.39 is 0 Å². The number of likely N-dealkylation sites (N-methyl/N-ethyl adjacent to an activating group) is 1. The van der Waals surface area contributed by atoms with Crippen LogP contribution < -0.4 is 9.64 Å². The Balaban J connectivity index is 1.58. The van der Waals surface area contributed by atoms with Gasteiger partial charge in [0.2, 0.25) is 5.91 Å². The van der Waals surface area contributed by atoms with Gasteiger partial charge >= 0.3 is 0 Å². The summed E-state index contributed by atoms with van der Waals surface area (Å²) in [7, 11) is 3.44. The number of morpholine rings is 1. The Morgan fingerprint density at radius 2 is 1.85 bits per heavy atom. The van der Waals surface area contributed by atoms with Gasteiger partial charge in [-0.1, -0.05) is 30.3 Å². The highest BCUT2D eigenvalue weighted by molar-refractivity contribution is 5.92. The largest absolute Gasteiger partial charge is 0.496 e. The number of rotatable bonds is 6. The van der Waals surface area contributed by atoms with Crippen molar-refractivity contribution in [3.63, 3.8) is 0 Å². The van der Waals surface area contributed by atoms with Crippen LogP contribution in [-0.2, 0) is 16.1 Å². The molecule has 0 N–H and O–H groups in total. The van der Waals surface area contributed by atoms with E-state index in [9.17, 15) is 4.79 Å². The van der Waals surface area contributed by atoms with Crippen LogP contribution >= 0.6 is 0 Å².